The van der Waals surface area contributed by atoms with Crippen molar-refractivity contribution in [3.63, 3.8) is 0 Å². The van der Waals surface area contributed by atoms with E-state index in [0.29, 0.717) is 30.6 Å². The molecule has 1 aliphatic rings. The second-order valence-corrected chi connectivity index (χ2v) is 4.91. The molecule has 0 aliphatic heterocycles. The maximum absolute atomic E-state index is 13.1. The molecule has 1 amide bonds. The summed E-state index contributed by atoms with van der Waals surface area (Å²) in [5, 5.41) is 0. The molecule has 0 saturated heterocycles. The first kappa shape index (κ1) is 12.8. The van der Waals surface area contributed by atoms with Gasteiger partial charge in [-0.05, 0) is 43.5 Å². The fourth-order valence-corrected chi connectivity index (χ4v) is 2.24. The number of hydrogen-bond acceptors (Lipinski definition) is 3. The summed E-state index contributed by atoms with van der Waals surface area (Å²) in [5.74, 6) is -0.171. The highest BCUT2D eigenvalue weighted by Gasteiger charge is 2.41. The molecule has 2 unspecified atom stereocenters. The van der Waals surface area contributed by atoms with Crippen LogP contribution in [0.3, 0.4) is 0 Å². The monoisotopic (exact) mass is 252 g/mol. The van der Waals surface area contributed by atoms with Crippen LogP contribution in [0, 0.1) is 12.7 Å². The van der Waals surface area contributed by atoms with Crippen molar-refractivity contribution < 1.29 is 13.9 Å². The number of halogens is 1. The fourth-order valence-electron chi connectivity index (χ4n) is 2.24. The van der Waals surface area contributed by atoms with E-state index >= 15 is 0 Å². The zero-order chi connectivity index (χ0) is 13.3. The number of benzene rings is 1. The van der Waals surface area contributed by atoms with E-state index in [9.17, 15) is 9.18 Å². The maximum Gasteiger partial charge on any atom is 0.237 e. The maximum atomic E-state index is 13.1. The molecule has 0 spiro atoms. The molecule has 1 saturated carbocycles. The molecule has 0 heterocycles. The molecular weight excluding hydrogens is 235 g/mol. The zero-order valence-corrected chi connectivity index (χ0v) is 10.3. The zero-order valence-electron chi connectivity index (χ0n) is 10.3. The van der Waals surface area contributed by atoms with Crippen molar-refractivity contribution in [2.24, 2.45) is 11.5 Å². The van der Waals surface area contributed by atoms with Crippen molar-refractivity contribution in [3.05, 3.63) is 29.6 Å². The largest absolute Gasteiger partial charge is 0.490 e. The van der Waals surface area contributed by atoms with Crippen LogP contribution in [0.2, 0.25) is 0 Å². The summed E-state index contributed by atoms with van der Waals surface area (Å²) in [6, 6.07) is 4.57. The Hall–Kier alpha value is -1.62. The van der Waals surface area contributed by atoms with E-state index in [-0.39, 0.29) is 11.9 Å². The quantitative estimate of drug-likeness (QED) is 0.849. The van der Waals surface area contributed by atoms with Crippen LogP contribution in [-0.2, 0) is 4.79 Å². The van der Waals surface area contributed by atoms with Crippen molar-refractivity contribution in [2.75, 3.05) is 0 Å². The van der Waals surface area contributed by atoms with Crippen molar-refractivity contribution in [3.8, 4) is 5.75 Å². The molecule has 4 nitrogen and oxygen atoms in total. The Balaban J connectivity index is 2.03. The lowest BCUT2D eigenvalue weighted by Crippen LogP contribution is -2.50. The summed E-state index contributed by atoms with van der Waals surface area (Å²) >= 11 is 0. The van der Waals surface area contributed by atoms with Crippen LogP contribution in [0.25, 0.3) is 0 Å². The number of primary amides is 1. The average Bonchev–Trinajstić information content (AvgIpc) is 2.67. The highest BCUT2D eigenvalue weighted by Crippen LogP contribution is 2.31. The van der Waals surface area contributed by atoms with Gasteiger partial charge in [0.15, 0.2) is 0 Å². The summed E-state index contributed by atoms with van der Waals surface area (Å²) in [6.07, 6.45) is 1.45. The SMILES string of the molecule is Cc1cc(OC2CCC(N)(C(N)=O)C2)ccc1F. The van der Waals surface area contributed by atoms with Gasteiger partial charge in [0.25, 0.3) is 0 Å². The molecule has 1 aliphatic carbocycles. The minimum absolute atomic E-state index is 0.146. The molecule has 4 N–H and O–H groups in total. The second kappa shape index (κ2) is 4.57. The second-order valence-electron chi connectivity index (χ2n) is 4.91. The number of carbonyl (C=O) groups is 1. The van der Waals surface area contributed by atoms with Gasteiger partial charge >= 0.3 is 0 Å². The van der Waals surface area contributed by atoms with E-state index in [2.05, 4.69) is 0 Å². The Labute approximate surface area is 105 Å². The number of hydrogen-bond donors (Lipinski definition) is 2. The predicted molar refractivity (Wildman–Crippen MR) is 65.5 cm³/mol. The smallest absolute Gasteiger partial charge is 0.237 e. The summed E-state index contributed by atoms with van der Waals surface area (Å²) < 4.78 is 18.8. The van der Waals surface area contributed by atoms with E-state index < -0.39 is 11.4 Å². The minimum atomic E-state index is -0.972. The highest BCUT2D eigenvalue weighted by atomic mass is 19.1. The molecule has 1 aromatic rings. The average molecular weight is 252 g/mol. The van der Waals surface area contributed by atoms with Crippen LogP contribution >= 0.6 is 0 Å². The number of ether oxygens (including phenoxy) is 1. The van der Waals surface area contributed by atoms with Gasteiger partial charge in [-0.25, -0.2) is 4.39 Å². The number of nitrogens with two attached hydrogens (primary N) is 2. The van der Waals surface area contributed by atoms with Crippen LogP contribution < -0.4 is 16.2 Å². The summed E-state index contributed by atoms with van der Waals surface area (Å²) in [6.45, 7) is 1.67. The number of rotatable bonds is 3. The van der Waals surface area contributed by atoms with E-state index in [1.807, 2.05) is 0 Å². The lowest BCUT2D eigenvalue weighted by molar-refractivity contribution is -0.123. The van der Waals surface area contributed by atoms with Crippen LogP contribution in [0.1, 0.15) is 24.8 Å². The Bertz CT molecular complexity index is 478. The third-order valence-corrected chi connectivity index (χ3v) is 3.43. The first-order valence-electron chi connectivity index (χ1n) is 5.92. The molecule has 0 bridgehead atoms. The van der Waals surface area contributed by atoms with Gasteiger partial charge in [-0.3, -0.25) is 4.79 Å². The Morgan fingerprint density at radius 3 is 2.83 bits per heavy atom. The lowest BCUT2D eigenvalue weighted by Gasteiger charge is -2.20. The molecule has 2 rings (SSSR count). The molecule has 98 valence electrons. The minimum Gasteiger partial charge on any atom is -0.490 e. The predicted octanol–water partition coefficient (Wildman–Crippen LogP) is 1.25. The molecule has 5 heteroatoms. The van der Waals surface area contributed by atoms with Gasteiger partial charge in [-0.15, -0.1) is 0 Å². The first-order valence-corrected chi connectivity index (χ1v) is 5.92. The molecule has 0 radical (unpaired) electrons. The van der Waals surface area contributed by atoms with Crippen molar-refractivity contribution in [1.29, 1.82) is 0 Å². The van der Waals surface area contributed by atoms with Crippen LogP contribution in [0.15, 0.2) is 18.2 Å². The number of amides is 1. The number of carbonyl (C=O) groups excluding carboxylic acids is 1. The van der Waals surface area contributed by atoms with Crippen molar-refractivity contribution >= 4 is 5.91 Å². The van der Waals surface area contributed by atoms with Crippen molar-refractivity contribution in [2.45, 2.75) is 37.8 Å². The van der Waals surface area contributed by atoms with Gasteiger partial charge in [0.05, 0.1) is 5.54 Å². The standard InChI is InChI=1S/C13H17FN2O2/c1-8-6-9(2-3-11(8)14)18-10-4-5-13(16,7-10)12(15)17/h2-3,6,10H,4-5,7,16H2,1H3,(H2,15,17). The molecular formula is C13H17FN2O2. The molecule has 18 heavy (non-hydrogen) atoms. The highest BCUT2D eigenvalue weighted by molar-refractivity contribution is 5.84. The van der Waals surface area contributed by atoms with Gasteiger partial charge in [-0.2, -0.15) is 0 Å². The molecule has 1 fully saturated rings. The lowest BCUT2D eigenvalue weighted by atomic mass is 9.99. The summed E-state index contributed by atoms with van der Waals surface area (Å²) in [4.78, 5) is 11.2. The topological polar surface area (TPSA) is 78.3 Å². The van der Waals surface area contributed by atoms with E-state index in [0.717, 1.165) is 0 Å². The van der Waals surface area contributed by atoms with Gasteiger partial charge in [0.1, 0.15) is 17.7 Å². The third kappa shape index (κ3) is 2.46. The van der Waals surface area contributed by atoms with E-state index in [4.69, 9.17) is 16.2 Å². The van der Waals surface area contributed by atoms with E-state index in [1.54, 1.807) is 19.1 Å². The third-order valence-electron chi connectivity index (χ3n) is 3.43. The Morgan fingerprint density at radius 1 is 1.56 bits per heavy atom. The summed E-state index contributed by atoms with van der Waals surface area (Å²) in [5.41, 5.74) is 10.7. The van der Waals surface area contributed by atoms with Gasteiger partial charge in [-0.1, -0.05) is 0 Å². The first-order chi connectivity index (χ1) is 8.40. The van der Waals surface area contributed by atoms with Crippen LogP contribution in [0.4, 0.5) is 4.39 Å². The van der Waals surface area contributed by atoms with Crippen LogP contribution in [-0.4, -0.2) is 17.6 Å². The number of aryl methyl sites for hydroxylation is 1. The Morgan fingerprint density at radius 2 is 2.28 bits per heavy atom. The molecule has 0 aromatic heterocycles. The molecule has 1 aromatic carbocycles. The summed E-state index contributed by atoms with van der Waals surface area (Å²) in [7, 11) is 0. The van der Waals surface area contributed by atoms with E-state index in [1.165, 1.54) is 6.07 Å². The van der Waals surface area contributed by atoms with Crippen molar-refractivity contribution in [1.82, 2.24) is 0 Å². The normalized spacial score (nSPS) is 27.2. The van der Waals surface area contributed by atoms with Gasteiger partial charge in [0.2, 0.25) is 5.91 Å². The molecule has 2 atom stereocenters. The Kier molecular flexibility index (Phi) is 3.26. The van der Waals surface area contributed by atoms with Crippen LogP contribution in [0.5, 0.6) is 5.75 Å². The van der Waals surface area contributed by atoms with Gasteiger partial charge < -0.3 is 16.2 Å². The fraction of sp³-hybridized carbons (Fsp3) is 0.462. The van der Waals surface area contributed by atoms with Gasteiger partial charge in [0, 0.05) is 6.42 Å².